The molecule has 108 valence electrons. The zero-order valence-electron chi connectivity index (χ0n) is 10.7. The number of nitrogens with zero attached hydrogens (tertiary/aromatic N) is 3. The summed E-state index contributed by atoms with van der Waals surface area (Å²) < 4.78 is 15.8. The smallest absolute Gasteiger partial charge is 0.164 e. The van der Waals surface area contributed by atoms with E-state index in [-0.39, 0.29) is 5.82 Å². The van der Waals surface area contributed by atoms with Gasteiger partial charge in [0, 0.05) is 23.0 Å². The number of hydrogen-bond acceptors (Lipinski definition) is 2. The average Bonchev–Trinajstić information content (AvgIpc) is 2.76. The molecule has 3 nitrogen and oxygen atoms in total. The first-order valence-electron chi connectivity index (χ1n) is 6.14. The molecule has 0 aliphatic heterocycles. The Morgan fingerprint density at radius 3 is 2.81 bits per heavy atom. The van der Waals surface area contributed by atoms with Gasteiger partial charge in [0.25, 0.3) is 0 Å². The molecule has 0 unspecified atom stereocenters. The topological polar surface area (TPSA) is 30.7 Å². The molecule has 3 aromatic rings. The van der Waals surface area contributed by atoms with Crippen LogP contribution < -0.4 is 0 Å². The number of benzene rings is 1. The Kier molecular flexibility index (Phi) is 4.15. The molecule has 7 heteroatoms. The summed E-state index contributed by atoms with van der Waals surface area (Å²) in [4.78, 5) is 8.85. The number of aromatic nitrogens is 3. The minimum atomic E-state index is -0.315. The molecule has 0 aliphatic carbocycles. The SMILES string of the molecule is Fc1ccc(-n2c(CCCl)nc3cc(Cl)cnc32)c(Br)c1. The first-order chi connectivity index (χ1) is 10.1. The van der Waals surface area contributed by atoms with Crippen LogP contribution in [0.2, 0.25) is 5.02 Å². The highest BCUT2D eigenvalue weighted by molar-refractivity contribution is 9.10. The predicted octanol–water partition coefficient (Wildman–Crippen LogP) is 4.76. The maximum Gasteiger partial charge on any atom is 0.164 e. The third-order valence-electron chi connectivity index (χ3n) is 3.00. The van der Waals surface area contributed by atoms with Gasteiger partial charge in [0.15, 0.2) is 5.65 Å². The fourth-order valence-electron chi connectivity index (χ4n) is 2.16. The lowest BCUT2D eigenvalue weighted by molar-refractivity contribution is 0.626. The normalized spacial score (nSPS) is 11.2. The third-order valence-corrected chi connectivity index (χ3v) is 4.03. The van der Waals surface area contributed by atoms with Crippen LogP contribution in [0.15, 0.2) is 34.9 Å². The molecule has 3 rings (SSSR count). The van der Waals surface area contributed by atoms with Gasteiger partial charge < -0.3 is 0 Å². The summed E-state index contributed by atoms with van der Waals surface area (Å²) in [5, 5.41) is 0.516. The maximum absolute atomic E-state index is 13.3. The molecule has 2 aromatic heterocycles. The van der Waals surface area contributed by atoms with Gasteiger partial charge >= 0.3 is 0 Å². The van der Waals surface area contributed by atoms with Gasteiger partial charge in [-0.05, 0) is 40.2 Å². The molecular formula is C14H9BrCl2FN3. The summed E-state index contributed by atoms with van der Waals surface area (Å²) in [5.41, 5.74) is 2.10. The van der Waals surface area contributed by atoms with Gasteiger partial charge in [0.1, 0.15) is 17.2 Å². The van der Waals surface area contributed by atoms with Crippen molar-refractivity contribution in [2.75, 3.05) is 5.88 Å². The van der Waals surface area contributed by atoms with Crippen LogP contribution in [0.4, 0.5) is 4.39 Å². The molecule has 0 fully saturated rings. The summed E-state index contributed by atoms with van der Waals surface area (Å²) in [6.45, 7) is 0. The summed E-state index contributed by atoms with van der Waals surface area (Å²) in [6, 6.07) is 6.22. The van der Waals surface area contributed by atoms with Crippen LogP contribution in [-0.2, 0) is 6.42 Å². The van der Waals surface area contributed by atoms with Crippen molar-refractivity contribution in [3.63, 3.8) is 0 Å². The van der Waals surface area contributed by atoms with E-state index in [1.807, 2.05) is 4.57 Å². The predicted molar refractivity (Wildman–Crippen MR) is 86.0 cm³/mol. The molecule has 21 heavy (non-hydrogen) atoms. The second-order valence-electron chi connectivity index (χ2n) is 4.39. The van der Waals surface area contributed by atoms with E-state index < -0.39 is 0 Å². The van der Waals surface area contributed by atoms with Gasteiger partial charge in [-0.1, -0.05) is 11.6 Å². The lowest BCUT2D eigenvalue weighted by atomic mass is 10.3. The Balaban J connectivity index is 2.30. The fraction of sp³-hybridized carbons (Fsp3) is 0.143. The number of rotatable bonds is 3. The number of halogens is 4. The highest BCUT2D eigenvalue weighted by Crippen LogP contribution is 2.28. The Morgan fingerprint density at radius 1 is 1.29 bits per heavy atom. The number of alkyl halides is 1. The molecule has 0 atom stereocenters. The van der Waals surface area contributed by atoms with Crippen molar-refractivity contribution in [3.8, 4) is 5.69 Å². The molecule has 1 aromatic carbocycles. The first-order valence-corrected chi connectivity index (χ1v) is 7.85. The van der Waals surface area contributed by atoms with E-state index in [0.717, 1.165) is 11.5 Å². The van der Waals surface area contributed by atoms with Crippen LogP contribution >= 0.6 is 39.1 Å². The number of imidazole rings is 1. The summed E-state index contributed by atoms with van der Waals surface area (Å²) in [7, 11) is 0. The fourth-order valence-corrected chi connectivity index (χ4v) is 3.00. The standard InChI is InChI=1S/C14H9BrCl2FN3/c15-10-6-9(18)1-2-12(10)21-13(3-4-16)20-11-5-8(17)7-19-14(11)21/h1-2,5-7H,3-4H2. The van der Waals surface area contributed by atoms with Gasteiger partial charge in [0.2, 0.25) is 0 Å². The molecule has 0 N–H and O–H groups in total. The van der Waals surface area contributed by atoms with Crippen LogP contribution in [0.25, 0.3) is 16.9 Å². The molecule has 0 radical (unpaired) electrons. The van der Waals surface area contributed by atoms with Crippen LogP contribution in [0.1, 0.15) is 5.82 Å². The molecule has 0 bridgehead atoms. The van der Waals surface area contributed by atoms with Crippen LogP contribution in [0.5, 0.6) is 0 Å². The van der Waals surface area contributed by atoms with Crippen molar-refractivity contribution in [1.82, 2.24) is 14.5 Å². The van der Waals surface area contributed by atoms with E-state index in [2.05, 4.69) is 25.9 Å². The van der Waals surface area contributed by atoms with Gasteiger partial charge in [-0.25, -0.2) is 14.4 Å². The van der Waals surface area contributed by atoms with Crippen LogP contribution in [0, 0.1) is 5.82 Å². The summed E-state index contributed by atoms with van der Waals surface area (Å²) in [6.07, 6.45) is 2.13. The molecule has 0 saturated heterocycles. The highest BCUT2D eigenvalue weighted by atomic mass is 79.9. The van der Waals surface area contributed by atoms with E-state index in [1.165, 1.54) is 12.1 Å². The van der Waals surface area contributed by atoms with Crippen molar-refractivity contribution in [2.24, 2.45) is 0 Å². The minimum absolute atomic E-state index is 0.315. The van der Waals surface area contributed by atoms with Gasteiger partial charge in [-0.2, -0.15) is 0 Å². The van der Waals surface area contributed by atoms with Crippen molar-refractivity contribution in [1.29, 1.82) is 0 Å². The number of aryl methyl sites for hydroxylation is 1. The van der Waals surface area contributed by atoms with E-state index >= 15 is 0 Å². The quantitative estimate of drug-likeness (QED) is 0.605. The molecule has 0 saturated carbocycles. The Labute approximate surface area is 138 Å². The number of fused-ring (bicyclic) bond motifs is 1. The Hall–Kier alpha value is -1.17. The van der Waals surface area contributed by atoms with Crippen molar-refractivity contribution in [3.05, 3.63) is 51.6 Å². The van der Waals surface area contributed by atoms with Crippen molar-refractivity contribution in [2.45, 2.75) is 6.42 Å². The van der Waals surface area contributed by atoms with Gasteiger partial charge in [0.05, 0.1) is 10.7 Å². The van der Waals surface area contributed by atoms with Crippen molar-refractivity contribution >= 4 is 50.3 Å². The highest BCUT2D eigenvalue weighted by Gasteiger charge is 2.16. The largest absolute Gasteiger partial charge is 0.280 e. The zero-order valence-corrected chi connectivity index (χ0v) is 13.8. The zero-order chi connectivity index (χ0) is 15.0. The van der Waals surface area contributed by atoms with E-state index in [9.17, 15) is 4.39 Å². The minimum Gasteiger partial charge on any atom is -0.280 e. The van der Waals surface area contributed by atoms with Crippen LogP contribution in [-0.4, -0.2) is 20.4 Å². The van der Waals surface area contributed by atoms with E-state index in [1.54, 1.807) is 18.3 Å². The lowest BCUT2D eigenvalue weighted by Gasteiger charge is -2.10. The monoisotopic (exact) mass is 387 g/mol. The number of hydrogen-bond donors (Lipinski definition) is 0. The van der Waals surface area contributed by atoms with Gasteiger partial charge in [-0.15, -0.1) is 11.6 Å². The summed E-state index contributed by atoms with van der Waals surface area (Å²) in [5.74, 6) is 0.864. The van der Waals surface area contributed by atoms with E-state index in [0.29, 0.717) is 33.0 Å². The maximum atomic E-state index is 13.3. The van der Waals surface area contributed by atoms with E-state index in [4.69, 9.17) is 23.2 Å². The molecule has 0 aliphatic rings. The third kappa shape index (κ3) is 2.78. The molecule has 0 spiro atoms. The molecule has 2 heterocycles. The van der Waals surface area contributed by atoms with Crippen LogP contribution in [0.3, 0.4) is 0 Å². The van der Waals surface area contributed by atoms with Crippen molar-refractivity contribution < 1.29 is 4.39 Å². The lowest BCUT2D eigenvalue weighted by Crippen LogP contribution is -2.04. The second-order valence-corrected chi connectivity index (χ2v) is 6.06. The number of pyridine rings is 1. The first kappa shape index (κ1) is 14.8. The second kappa shape index (κ2) is 5.91. The van der Waals surface area contributed by atoms with Gasteiger partial charge in [-0.3, -0.25) is 4.57 Å². The summed E-state index contributed by atoms with van der Waals surface area (Å²) >= 11 is 15.2. The molecular weight excluding hydrogens is 380 g/mol. The Morgan fingerprint density at radius 2 is 2.10 bits per heavy atom. The Bertz CT molecular complexity index is 819. The molecule has 0 amide bonds. The average molecular weight is 389 g/mol.